The molecule has 2 heterocycles. The van der Waals surface area contributed by atoms with Crippen LogP contribution in [0.1, 0.15) is 28.8 Å². The molecule has 26 heavy (non-hydrogen) atoms. The molecule has 3 aromatic rings. The molecule has 0 spiro atoms. The molecule has 1 fully saturated rings. The Bertz CT molecular complexity index is 1010. The van der Waals surface area contributed by atoms with E-state index >= 15 is 0 Å². The Hall–Kier alpha value is -2.59. The second-order valence-electron chi connectivity index (χ2n) is 6.72. The van der Waals surface area contributed by atoms with Gasteiger partial charge < -0.3 is 10.0 Å². The van der Waals surface area contributed by atoms with E-state index in [9.17, 15) is 9.90 Å². The molecule has 0 bridgehead atoms. The van der Waals surface area contributed by atoms with Gasteiger partial charge >= 0.3 is 5.97 Å². The number of hydrogen-bond donors (Lipinski definition) is 1. The number of aromatic carboxylic acids is 1. The minimum Gasteiger partial charge on any atom is -0.478 e. The van der Waals surface area contributed by atoms with Gasteiger partial charge in [0.1, 0.15) is 11.4 Å². The highest BCUT2D eigenvalue weighted by Crippen LogP contribution is 2.38. The zero-order valence-corrected chi connectivity index (χ0v) is 15.3. The molecule has 132 valence electrons. The molecule has 2 aromatic carbocycles. The van der Waals surface area contributed by atoms with Crippen LogP contribution in [0.15, 0.2) is 42.5 Å². The predicted molar refractivity (Wildman–Crippen MR) is 105 cm³/mol. The zero-order chi connectivity index (χ0) is 18.3. The molecule has 4 rings (SSSR count). The number of halogens is 1. The van der Waals surface area contributed by atoms with Gasteiger partial charge in [0, 0.05) is 29.1 Å². The first-order valence-electron chi connectivity index (χ1n) is 8.73. The van der Waals surface area contributed by atoms with Crippen molar-refractivity contribution >= 4 is 34.3 Å². The van der Waals surface area contributed by atoms with Crippen molar-refractivity contribution in [3.05, 3.63) is 58.6 Å². The van der Waals surface area contributed by atoms with Crippen molar-refractivity contribution in [1.82, 2.24) is 4.98 Å². The van der Waals surface area contributed by atoms with Crippen LogP contribution in [0.25, 0.3) is 22.0 Å². The van der Waals surface area contributed by atoms with Gasteiger partial charge in [-0.1, -0.05) is 41.4 Å². The summed E-state index contributed by atoms with van der Waals surface area (Å²) in [6.07, 6.45) is 2.11. The van der Waals surface area contributed by atoms with E-state index in [4.69, 9.17) is 16.6 Å². The average Bonchev–Trinajstić information content (AvgIpc) is 3.14. The standard InChI is InChI=1S/C21H19ClN2O2/c1-13-5-4-6-14(11-13)18-16-12-15(22)7-8-17(16)23-20(19(18)21(25)26)24-9-2-3-10-24/h4-8,11-12H,2-3,9-10H2,1H3,(H,25,26). The third-order valence-electron chi connectivity index (χ3n) is 4.85. The number of benzene rings is 2. The van der Waals surface area contributed by atoms with Crippen LogP contribution in [0.4, 0.5) is 5.82 Å². The molecule has 0 unspecified atom stereocenters. The quantitative estimate of drug-likeness (QED) is 0.695. The molecule has 1 N–H and O–H groups in total. The number of hydrogen-bond acceptors (Lipinski definition) is 3. The molecule has 0 aliphatic carbocycles. The van der Waals surface area contributed by atoms with Crippen LogP contribution in [-0.4, -0.2) is 29.1 Å². The maximum atomic E-state index is 12.3. The van der Waals surface area contributed by atoms with Gasteiger partial charge in [0.05, 0.1) is 5.52 Å². The Morgan fingerprint density at radius 2 is 1.92 bits per heavy atom. The van der Waals surface area contributed by atoms with Crippen LogP contribution in [0.2, 0.25) is 5.02 Å². The largest absolute Gasteiger partial charge is 0.478 e. The minimum absolute atomic E-state index is 0.257. The highest BCUT2D eigenvalue weighted by molar-refractivity contribution is 6.31. The average molecular weight is 367 g/mol. The summed E-state index contributed by atoms with van der Waals surface area (Å²) in [6, 6.07) is 13.4. The van der Waals surface area contributed by atoms with Crippen LogP contribution in [0, 0.1) is 6.92 Å². The smallest absolute Gasteiger partial charge is 0.340 e. The van der Waals surface area contributed by atoms with E-state index in [1.165, 1.54) is 0 Å². The fraction of sp³-hybridized carbons (Fsp3) is 0.238. The van der Waals surface area contributed by atoms with Crippen LogP contribution < -0.4 is 4.90 Å². The molecular formula is C21H19ClN2O2. The number of aromatic nitrogens is 1. The second-order valence-corrected chi connectivity index (χ2v) is 7.15. The van der Waals surface area contributed by atoms with Gasteiger partial charge in [-0.25, -0.2) is 9.78 Å². The Morgan fingerprint density at radius 1 is 1.15 bits per heavy atom. The third kappa shape index (κ3) is 2.90. The molecule has 1 aliphatic heterocycles. The summed E-state index contributed by atoms with van der Waals surface area (Å²) in [6.45, 7) is 3.67. The molecule has 5 heteroatoms. The van der Waals surface area contributed by atoms with Crippen molar-refractivity contribution in [3.8, 4) is 11.1 Å². The van der Waals surface area contributed by atoms with Crippen molar-refractivity contribution < 1.29 is 9.90 Å². The van der Waals surface area contributed by atoms with E-state index in [0.717, 1.165) is 48.0 Å². The Kier molecular flexibility index (Phi) is 4.29. The molecule has 0 radical (unpaired) electrons. The molecule has 1 aliphatic rings. The summed E-state index contributed by atoms with van der Waals surface area (Å²) in [7, 11) is 0. The van der Waals surface area contributed by atoms with Gasteiger partial charge in [-0.3, -0.25) is 0 Å². The lowest BCUT2D eigenvalue weighted by Gasteiger charge is -2.22. The van der Waals surface area contributed by atoms with E-state index in [1.54, 1.807) is 6.07 Å². The topological polar surface area (TPSA) is 53.4 Å². The first-order chi connectivity index (χ1) is 12.5. The fourth-order valence-electron chi connectivity index (χ4n) is 3.68. The van der Waals surface area contributed by atoms with Crippen molar-refractivity contribution in [2.75, 3.05) is 18.0 Å². The Labute approximate surface area is 157 Å². The highest BCUT2D eigenvalue weighted by Gasteiger charge is 2.27. The summed E-state index contributed by atoms with van der Waals surface area (Å²) in [4.78, 5) is 19.1. The number of aryl methyl sites for hydroxylation is 1. The second kappa shape index (κ2) is 6.61. The van der Waals surface area contributed by atoms with Crippen molar-refractivity contribution in [2.45, 2.75) is 19.8 Å². The van der Waals surface area contributed by atoms with Crippen molar-refractivity contribution in [1.29, 1.82) is 0 Å². The monoisotopic (exact) mass is 366 g/mol. The predicted octanol–water partition coefficient (Wildman–Crippen LogP) is 5.16. The molecule has 4 nitrogen and oxygen atoms in total. The van der Waals surface area contributed by atoms with Crippen LogP contribution >= 0.6 is 11.6 Å². The number of anilines is 1. The normalized spacial score (nSPS) is 14.2. The van der Waals surface area contributed by atoms with Gasteiger partial charge in [-0.15, -0.1) is 0 Å². The van der Waals surface area contributed by atoms with Gasteiger partial charge in [-0.2, -0.15) is 0 Å². The number of nitrogens with zero attached hydrogens (tertiary/aromatic N) is 2. The van der Waals surface area contributed by atoms with Crippen molar-refractivity contribution in [3.63, 3.8) is 0 Å². The summed E-state index contributed by atoms with van der Waals surface area (Å²) in [5.74, 6) is -0.404. The zero-order valence-electron chi connectivity index (χ0n) is 14.5. The lowest BCUT2D eigenvalue weighted by molar-refractivity contribution is 0.0698. The molecular weight excluding hydrogens is 348 g/mol. The molecule has 1 aromatic heterocycles. The lowest BCUT2D eigenvalue weighted by Crippen LogP contribution is -2.23. The fourth-order valence-corrected chi connectivity index (χ4v) is 3.86. The minimum atomic E-state index is -0.960. The summed E-state index contributed by atoms with van der Waals surface area (Å²) in [5, 5.41) is 11.4. The Morgan fingerprint density at radius 3 is 2.62 bits per heavy atom. The van der Waals surface area contributed by atoms with Crippen molar-refractivity contribution in [2.24, 2.45) is 0 Å². The molecule has 0 amide bonds. The van der Waals surface area contributed by atoms with Gasteiger partial charge in [-0.05, 0) is 43.5 Å². The summed E-state index contributed by atoms with van der Waals surface area (Å²) in [5.41, 5.74) is 3.66. The maximum Gasteiger partial charge on any atom is 0.340 e. The number of rotatable bonds is 3. The van der Waals surface area contributed by atoms with Gasteiger partial charge in [0.2, 0.25) is 0 Å². The summed E-state index contributed by atoms with van der Waals surface area (Å²) >= 11 is 6.22. The van der Waals surface area contributed by atoms with Gasteiger partial charge in [0.25, 0.3) is 0 Å². The number of fused-ring (bicyclic) bond motifs is 1. The van der Waals surface area contributed by atoms with E-state index in [0.29, 0.717) is 16.4 Å². The third-order valence-corrected chi connectivity index (χ3v) is 5.09. The molecule has 0 atom stereocenters. The number of carbonyl (C=O) groups is 1. The number of carboxylic acids is 1. The Balaban J connectivity index is 2.12. The number of pyridine rings is 1. The van der Waals surface area contributed by atoms with Crippen LogP contribution in [-0.2, 0) is 0 Å². The van der Waals surface area contributed by atoms with Crippen LogP contribution in [0.5, 0.6) is 0 Å². The number of carboxylic acid groups (broad SMARTS) is 1. The first kappa shape index (κ1) is 16.9. The SMILES string of the molecule is Cc1cccc(-c2c(C(=O)O)c(N3CCCC3)nc3ccc(Cl)cc23)c1. The van der Waals surface area contributed by atoms with E-state index in [2.05, 4.69) is 4.90 Å². The molecule has 0 saturated carbocycles. The van der Waals surface area contributed by atoms with E-state index < -0.39 is 5.97 Å². The highest BCUT2D eigenvalue weighted by atomic mass is 35.5. The maximum absolute atomic E-state index is 12.3. The first-order valence-corrected chi connectivity index (χ1v) is 9.11. The van der Waals surface area contributed by atoms with Gasteiger partial charge in [0.15, 0.2) is 0 Å². The lowest BCUT2D eigenvalue weighted by atomic mass is 9.94. The molecule has 1 saturated heterocycles. The summed E-state index contributed by atoms with van der Waals surface area (Å²) < 4.78 is 0. The van der Waals surface area contributed by atoms with E-state index in [1.807, 2.05) is 43.3 Å². The van der Waals surface area contributed by atoms with E-state index in [-0.39, 0.29) is 5.56 Å². The van der Waals surface area contributed by atoms with Crippen LogP contribution in [0.3, 0.4) is 0 Å².